The first-order valence-corrected chi connectivity index (χ1v) is 16.3. The summed E-state index contributed by atoms with van der Waals surface area (Å²) in [6.45, 7) is 3.04. The summed E-state index contributed by atoms with van der Waals surface area (Å²) in [4.78, 5) is 0. The van der Waals surface area contributed by atoms with E-state index in [1.165, 1.54) is 0 Å². The van der Waals surface area contributed by atoms with Gasteiger partial charge in [0.2, 0.25) is 0 Å². The van der Waals surface area contributed by atoms with Gasteiger partial charge in [0, 0.05) is 5.69 Å². The van der Waals surface area contributed by atoms with Crippen LogP contribution < -0.4 is 19.3 Å². The van der Waals surface area contributed by atoms with Gasteiger partial charge in [-0.05, 0) is 55.5 Å². The van der Waals surface area contributed by atoms with Crippen molar-refractivity contribution in [2.24, 2.45) is 0 Å². The van der Waals surface area contributed by atoms with Crippen molar-refractivity contribution >= 4 is 72.3 Å². The van der Waals surface area contributed by atoms with Crippen molar-refractivity contribution in [3.8, 4) is 23.0 Å². The number of hydrogen-bond acceptors (Lipinski definition) is 6. The number of nitrogens with two attached hydrogens (primary N) is 1. The maximum Gasteiger partial charge on any atom is 0.530 e. The van der Waals surface area contributed by atoms with E-state index in [4.69, 9.17) is 82.0 Å². The Balaban J connectivity index is 0.000000198. The highest BCUT2D eigenvalue weighted by Crippen LogP contribution is 2.47. The molecule has 0 spiro atoms. The molecule has 1 heterocycles. The Morgan fingerprint density at radius 1 is 0.578 bits per heavy atom. The van der Waals surface area contributed by atoms with Crippen LogP contribution in [0.4, 0.5) is 5.69 Å². The number of aromatic hydroxyl groups is 1. The van der Waals surface area contributed by atoms with Crippen LogP contribution in [0.3, 0.4) is 0 Å². The summed E-state index contributed by atoms with van der Waals surface area (Å²) in [5.74, 6) is 1.76. The van der Waals surface area contributed by atoms with Crippen molar-refractivity contribution in [1.29, 1.82) is 0 Å². The summed E-state index contributed by atoms with van der Waals surface area (Å²) < 4.78 is 22.2. The molecule has 0 bridgehead atoms. The van der Waals surface area contributed by atoms with Gasteiger partial charge in [0.25, 0.3) is 0 Å². The largest absolute Gasteiger partial charge is 0.530 e. The maximum atomic E-state index is 9.20. The minimum Gasteiger partial charge on any atom is -0.505 e. The van der Waals surface area contributed by atoms with Crippen LogP contribution in [0.1, 0.15) is 6.92 Å². The Hall–Kier alpha value is -3.06. The molecule has 5 aromatic carbocycles. The average Bonchev–Trinajstić information content (AvgIpc) is 3.86. The molecular formula is C33H29Cl5NO5P. The number of ether oxygens (including phenoxy) is 1. The zero-order valence-electron chi connectivity index (χ0n) is 23.8. The quantitative estimate of drug-likeness (QED) is 0.0595. The summed E-state index contributed by atoms with van der Waals surface area (Å²) in [7, 11) is -1.59. The monoisotopic (exact) mass is 725 g/mol. The van der Waals surface area contributed by atoms with Crippen molar-refractivity contribution in [3.63, 3.8) is 0 Å². The number of hydrogen-bond donors (Lipinski definition) is 2. The number of halogens is 5. The Bertz CT molecular complexity index is 1370. The Kier molecular flexibility index (Phi) is 15.7. The molecular weight excluding hydrogens is 699 g/mol. The van der Waals surface area contributed by atoms with E-state index in [1.807, 2.05) is 121 Å². The zero-order chi connectivity index (χ0) is 32.6. The highest BCUT2D eigenvalue weighted by atomic mass is 35.5. The van der Waals surface area contributed by atoms with Gasteiger partial charge in [-0.3, -0.25) is 0 Å². The fraction of sp³-hybridized carbons (Fsp3) is 0.0909. The summed E-state index contributed by atoms with van der Waals surface area (Å²) in [6.07, 6.45) is 0.583. The first-order chi connectivity index (χ1) is 21.7. The van der Waals surface area contributed by atoms with Crippen LogP contribution in [0.2, 0.25) is 25.1 Å². The average molecular weight is 728 g/mol. The van der Waals surface area contributed by atoms with Crippen LogP contribution in [0.25, 0.3) is 0 Å². The SMILES string of the molecule is CC1CO1.Nc1ccccc1.Oc1c(Cl)c(Cl)c(Cl)c(Cl)c1Cl.c1ccc(OP(Oc2ccccc2)Oc2ccccc2)cc1. The van der Waals surface area contributed by atoms with E-state index < -0.39 is 8.60 Å². The number of benzene rings is 5. The molecule has 0 saturated carbocycles. The summed E-state index contributed by atoms with van der Waals surface area (Å²) in [5.41, 5.74) is 6.18. The van der Waals surface area contributed by atoms with Crippen molar-refractivity contribution in [3.05, 3.63) is 146 Å². The van der Waals surface area contributed by atoms with Gasteiger partial charge in [-0.1, -0.05) is 131 Å². The molecule has 0 aromatic heterocycles. The smallest absolute Gasteiger partial charge is 0.505 e. The molecule has 1 fully saturated rings. The molecule has 236 valence electrons. The number of phenols is 1. The predicted octanol–water partition coefficient (Wildman–Crippen LogP) is 11.8. The molecule has 1 aliphatic rings. The van der Waals surface area contributed by atoms with Crippen LogP contribution in [0, 0.1) is 0 Å². The van der Waals surface area contributed by atoms with Crippen molar-refractivity contribution < 1.29 is 23.4 Å². The fourth-order valence-corrected chi connectivity index (χ4v) is 5.02. The number of anilines is 1. The molecule has 0 radical (unpaired) electrons. The minimum absolute atomic E-state index is 0.00904. The molecule has 1 saturated heterocycles. The van der Waals surface area contributed by atoms with Crippen molar-refractivity contribution in [2.45, 2.75) is 13.0 Å². The highest BCUT2D eigenvalue weighted by Gasteiger charge is 2.20. The van der Waals surface area contributed by atoms with E-state index in [9.17, 15) is 5.11 Å². The van der Waals surface area contributed by atoms with Crippen LogP contribution in [0.15, 0.2) is 121 Å². The lowest BCUT2D eigenvalue weighted by Gasteiger charge is -2.17. The van der Waals surface area contributed by atoms with Gasteiger partial charge < -0.3 is 29.1 Å². The number of phenolic OH excluding ortho intramolecular Hbond substituents is 1. The lowest BCUT2D eigenvalue weighted by Crippen LogP contribution is -2.02. The van der Waals surface area contributed by atoms with Gasteiger partial charge in [0.05, 0.1) is 27.8 Å². The number of rotatable bonds is 6. The molecule has 1 atom stereocenters. The highest BCUT2D eigenvalue weighted by molar-refractivity contribution is 7.43. The molecule has 5 aromatic rings. The normalized spacial score (nSPS) is 12.6. The molecule has 3 N–H and O–H groups in total. The first-order valence-electron chi connectivity index (χ1n) is 13.3. The third-order valence-electron chi connectivity index (χ3n) is 5.26. The third-order valence-corrected chi connectivity index (χ3v) is 8.59. The standard InChI is InChI=1S/C18H15O3P.C6HCl5O.C6H7N.C3H6O/c1-4-10-16(11-5-1)19-22(20-17-12-6-2-7-13-17)21-18-14-8-3-9-15-18;7-1-2(8)4(10)6(12)5(11)3(1)9;7-6-4-2-1-3-5-6;1-3-2-4-3/h1-15H;12H;1-5H,7H2;3H,2H2,1H3. The summed E-state index contributed by atoms with van der Waals surface area (Å²) >= 11 is 27.9. The van der Waals surface area contributed by atoms with Gasteiger partial charge in [-0.15, -0.1) is 0 Å². The third kappa shape index (κ3) is 13.4. The number of para-hydroxylation sites is 4. The van der Waals surface area contributed by atoms with Gasteiger partial charge in [-0.25, -0.2) is 0 Å². The maximum absolute atomic E-state index is 9.20. The van der Waals surface area contributed by atoms with Gasteiger partial charge in [-0.2, -0.15) is 0 Å². The molecule has 6 nitrogen and oxygen atoms in total. The lowest BCUT2D eigenvalue weighted by atomic mass is 10.3. The zero-order valence-corrected chi connectivity index (χ0v) is 28.5. The minimum atomic E-state index is -1.59. The molecule has 45 heavy (non-hydrogen) atoms. The first kappa shape index (κ1) is 36.4. The molecule has 1 aliphatic heterocycles. The topological polar surface area (TPSA) is 86.5 Å². The van der Waals surface area contributed by atoms with Crippen molar-refractivity contribution in [1.82, 2.24) is 0 Å². The second-order valence-electron chi connectivity index (χ2n) is 8.91. The second-order valence-corrected chi connectivity index (χ2v) is 11.8. The van der Waals surface area contributed by atoms with Crippen molar-refractivity contribution in [2.75, 3.05) is 12.3 Å². The van der Waals surface area contributed by atoms with E-state index in [-0.39, 0.29) is 30.9 Å². The molecule has 1 unspecified atom stereocenters. The second kappa shape index (κ2) is 19.5. The Morgan fingerprint density at radius 2 is 0.844 bits per heavy atom. The van der Waals surface area contributed by atoms with E-state index in [2.05, 4.69) is 6.92 Å². The van der Waals surface area contributed by atoms with E-state index in [1.54, 1.807) is 0 Å². The Labute approximate surface area is 289 Å². The van der Waals surface area contributed by atoms with E-state index >= 15 is 0 Å². The predicted molar refractivity (Wildman–Crippen MR) is 188 cm³/mol. The fourth-order valence-electron chi connectivity index (χ4n) is 2.90. The van der Waals surface area contributed by atoms with Gasteiger partial charge in [0.15, 0.2) is 5.75 Å². The summed E-state index contributed by atoms with van der Waals surface area (Å²) in [5, 5.41) is 9.01. The van der Waals surface area contributed by atoms with Crippen LogP contribution >= 0.6 is 66.6 Å². The Morgan fingerprint density at radius 3 is 1.09 bits per heavy atom. The van der Waals surface area contributed by atoms with Crippen LogP contribution in [-0.2, 0) is 4.74 Å². The van der Waals surface area contributed by atoms with E-state index in [0.29, 0.717) is 23.4 Å². The molecule has 0 aliphatic carbocycles. The summed E-state index contributed by atoms with van der Waals surface area (Å²) in [6, 6.07) is 38.0. The number of nitrogen functional groups attached to an aromatic ring is 1. The van der Waals surface area contributed by atoms with E-state index in [0.717, 1.165) is 12.3 Å². The van der Waals surface area contributed by atoms with Crippen LogP contribution in [-0.4, -0.2) is 17.8 Å². The molecule has 12 heteroatoms. The molecule has 0 amide bonds. The lowest BCUT2D eigenvalue weighted by molar-refractivity contribution is 0.388. The van der Waals surface area contributed by atoms with Crippen LogP contribution in [0.5, 0.6) is 23.0 Å². The van der Waals surface area contributed by atoms with Gasteiger partial charge >= 0.3 is 8.60 Å². The molecule has 6 rings (SSSR count). The van der Waals surface area contributed by atoms with Gasteiger partial charge in [0.1, 0.15) is 27.3 Å². The number of epoxide rings is 1.